The highest BCUT2D eigenvalue weighted by Crippen LogP contribution is 2.29. The Morgan fingerprint density at radius 1 is 0.978 bits per heavy atom. The second kappa shape index (κ2) is 15.5. The number of aliphatic hydroxyl groups is 1. The van der Waals surface area contributed by atoms with Gasteiger partial charge in [-0.2, -0.15) is 0 Å². The number of hydrogen-bond donors (Lipinski definition) is 4. The van der Waals surface area contributed by atoms with Crippen molar-refractivity contribution < 1.29 is 34.1 Å². The number of nitrogens with one attached hydrogen (secondary N) is 1. The van der Waals surface area contributed by atoms with Crippen LogP contribution in [0.25, 0.3) is 22.3 Å². The maximum atomic E-state index is 13.3. The number of aromatic nitrogens is 2. The molecule has 2 heterocycles. The Bertz CT molecular complexity index is 1810. The fourth-order valence-electron chi connectivity index (χ4n) is 4.45. The maximum absolute atomic E-state index is 13.3. The van der Waals surface area contributed by atoms with Crippen molar-refractivity contribution in [2.75, 3.05) is 31.6 Å². The van der Waals surface area contributed by atoms with E-state index in [4.69, 9.17) is 29.0 Å². The van der Waals surface area contributed by atoms with Gasteiger partial charge in [0.25, 0.3) is 5.56 Å². The molecule has 0 amide bonds. The first kappa shape index (κ1) is 34.3. The van der Waals surface area contributed by atoms with Crippen molar-refractivity contribution in [1.29, 1.82) is 0 Å². The Kier molecular flexibility index (Phi) is 11.8. The number of anilines is 1. The molecule has 0 aliphatic rings. The molecule has 0 aliphatic heterocycles. The molecule has 0 spiro atoms. The lowest BCUT2D eigenvalue weighted by atomic mass is 10.1. The van der Waals surface area contributed by atoms with Crippen molar-refractivity contribution >= 4 is 28.7 Å². The van der Waals surface area contributed by atoms with E-state index in [1.807, 2.05) is 35.2 Å². The van der Waals surface area contributed by atoms with Crippen LogP contribution in [0, 0.1) is 6.92 Å². The normalized spacial score (nSPS) is 11.5. The van der Waals surface area contributed by atoms with Crippen molar-refractivity contribution in [3.63, 3.8) is 0 Å². The van der Waals surface area contributed by atoms with Crippen LogP contribution in [-0.2, 0) is 23.7 Å². The van der Waals surface area contributed by atoms with E-state index in [0.717, 1.165) is 10.1 Å². The zero-order valence-electron chi connectivity index (χ0n) is 25.4. The van der Waals surface area contributed by atoms with Gasteiger partial charge in [0, 0.05) is 50.9 Å². The van der Waals surface area contributed by atoms with Crippen LogP contribution in [0.3, 0.4) is 0 Å². The topological polar surface area (TPSA) is 194 Å². The molecule has 14 nitrogen and oxygen atoms in total. The van der Waals surface area contributed by atoms with Gasteiger partial charge in [0.1, 0.15) is 34.5 Å². The number of carbonyl (C=O) groups is 2. The summed E-state index contributed by atoms with van der Waals surface area (Å²) in [6.07, 6.45) is -0.110. The van der Waals surface area contributed by atoms with Crippen LogP contribution in [0.2, 0.25) is 0 Å². The highest BCUT2D eigenvalue weighted by molar-refractivity contribution is 6.27. The number of benzene rings is 2. The third kappa shape index (κ3) is 8.68. The number of ether oxygens (including phenoxy) is 1. The SMILES string of the molecule is Cc1c(-c2ccccc2)oc2cccc(OCCCN(CCNc3cc(=O)n(C)c(=O)n3C)C(C)O)c2c1=O.O=C(O)C(=O)O. The van der Waals surface area contributed by atoms with Crippen molar-refractivity contribution in [3.05, 3.63) is 91.2 Å². The lowest BCUT2D eigenvalue weighted by Gasteiger charge is -2.25. The molecule has 4 rings (SSSR count). The minimum Gasteiger partial charge on any atom is -0.493 e. The Labute approximate surface area is 257 Å². The number of aliphatic hydroxyl groups excluding tert-OH is 1. The molecule has 0 saturated heterocycles. The van der Waals surface area contributed by atoms with Crippen molar-refractivity contribution in [1.82, 2.24) is 14.0 Å². The predicted octanol–water partition coefficient (Wildman–Crippen LogP) is 1.84. The van der Waals surface area contributed by atoms with E-state index in [1.165, 1.54) is 17.7 Å². The molecule has 0 fully saturated rings. The average Bonchev–Trinajstić information content (AvgIpc) is 3.01. The summed E-state index contributed by atoms with van der Waals surface area (Å²) in [5.41, 5.74) is 0.884. The third-order valence-electron chi connectivity index (χ3n) is 6.93. The second-order valence-electron chi connectivity index (χ2n) is 10.1. The summed E-state index contributed by atoms with van der Waals surface area (Å²) < 4.78 is 14.5. The summed E-state index contributed by atoms with van der Waals surface area (Å²) in [5.74, 6) is -2.23. The number of aliphatic carboxylic acids is 2. The maximum Gasteiger partial charge on any atom is 0.414 e. The van der Waals surface area contributed by atoms with E-state index in [0.29, 0.717) is 66.5 Å². The lowest BCUT2D eigenvalue weighted by molar-refractivity contribution is -0.159. The molecule has 45 heavy (non-hydrogen) atoms. The van der Waals surface area contributed by atoms with Gasteiger partial charge >= 0.3 is 17.6 Å². The molecule has 0 radical (unpaired) electrons. The Morgan fingerprint density at radius 2 is 1.64 bits per heavy atom. The second-order valence-corrected chi connectivity index (χ2v) is 10.1. The monoisotopic (exact) mass is 624 g/mol. The Balaban J connectivity index is 0.000000838. The predicted molar refractivity (Wildman–Crippen MR) is 167 cm³/mol. The van der Waals surface area contributed by atoms with Crippen LogP contribution in [0.15, 0.2) is 73.4 Å². The van der Waals surface area contributed by atoms with Crippen molar-refractivity contribution in [3.8, 4) is 17.1 Å². The zero-order valence-corrected chi connectivity index (χ0v) is 25.4. The number of carboxylic acid groups (broad SMARTS) is 2. The summed E-state index contributed by atoms with van der Waals surface area (Å²) in [5, 5.41) is 28.5. The van der Waals surface area contributed by atoms with E-state index in [1.54, 1.807) is 39.1 Å². The molecule has 0 aliphatic carbocycles. The van der Waals surface area contributed by atoms with Gasteiger partial charge in [0.15, 0.2) is 5.43 Å². The van der Waals surface area contributed by atoms with Crippen LogP contribution < -0.4 is 26.7 Å². The lowest BCUT2D eigenvalue weighted by Crippen LogP contribution is -2.40. The van der Waals surface area contributed by atoms with Crippen molar-refractivity contribution in [2.24, 2.45) is 14.1 Å². The number of fused-ring (bicyclic) bond motifs is 1. The molecule has 0 saturated carbocycles. The number of nitrogens with zero attached hydrogens (tertiary/aromatic N) is 3. The summed E-state index contributed by atoms with van der Waals surface area (Å²) in [7, 11) is 3.02. The first-order valence-electron chi connectivity index (χ1n) is 14.0. The van der Waals surface area contributed by atoms with E-state index in [9.17, 15) is 19.5 Å². The molecular weight excluding hydrogens is 588 g/mol. The molecular formula is C31H36N4O10. The van der Waals surface area contributed by atoms with Gasteiger partial charge in [-0.1, -0.05) is 36.4 Å². The first-order valence-corrected chi connectivity index (χ1v) is 14.0. The van der Waals surface area contributed by atoms with Crippen LogP contribution in [0.1, 0.15) is 18.9 Å². The first-order chi connectivity index (χ1) is 21.3. The number of hydrogen-bond acceptors (Lipinski definition) is 10. The van der Waals surface area contributed by atoms with E-state index in [-0.39, 0.29) is 11.0 Å². The molecule has 14 heteroatoms. The van der Waals surface area contributed by atoms with Crippen LogP contribution in [0.5, 0.6) is 5.75 Å². The number of rotatable bonds is 11. The van der Waals surface area contributed by atoms with Gasteiger partial charge in [-0.3, -0.25) is 23.6 Å². The highest BCUT2D eigenvalue weighted by Gasteiger charge is 2.17. The summed E-state index contributed by atoms with van der Waals surface area (Å²) in [6, 6.07) is 16.2. The molecule has 0 bridgehead atoms. The standard InChI is InChI=1S/C29H34N4O6.C2H2O4/c1-19-27(36)26-22(12-8-13-23(26)39-28(19)21-10-6-5-7-11-21)38-17-9-15-33(20(2)34)16-14-30-24-18-25(35)32(4)29(37)31(24)3;3-1(4)2(5)6/h5-8,10-13,18,20,30,34H,9,14-17H2,1-4H3;(H,3,4)(H,5,6). The minimum atomic E-state index is -1.82. The van der Waals surface area contributed by atoms with Gasteiger partial charge in [-0.05, 0) is 32.4 Å². The largest absolute Gasteiger partial charge is 0.493 e. The van der Waals surface area contributed by atoms with Gasteiger partial charge < -0.3 is 29.8 Å². The molecule has 1 unspecified atom stereocenters. The van der Waals surface area contributed by atoms with E-state index >= 15 is 0 Å². The van der Waals surface area contributed by atoms with Gasteiger partial charge in [-0.15, -0.1) is 0 Å². The average molecular weight is 625 g/mol. The van der Waals surface area contributed by atoms with Crippen molar-refractivity contribution in [2.45, 2.75) is 26.5 Å². The van der Waals surface area contributed by atoms with Gasteiger partial charge in [0.2, 0.25) is 0 Å². The third-order valence-corrected chi connectivity index (χ3v) is 6.93. The summed E-state index contributed by atoms with van der Waals surface area (Å²) in [6.45, 7) is 5.19. The van der Waals surface area contributed by atoms with Gasteiger partial charge in [-0.25, -0.2) is 14.4 Å². The zero-order chi connectivity index (χ0) is 33.3. The van der Waals surface area contributed by atoms with Crippen LogP contribution >= 0.6 is 0 Å². The molecule has 2 aromatic heterocycles. The fourth-order valence-corrected chi connectivity index (χ4v) is 4.45. The molecule has 240 valence electrons. The quantitative estimate of drug-likeness (QED) is 0.108. The fraction of sp³-hybridized carbons (Fsp3) is 0.323. The summed E-state index contributed by atoms with van der Waals surface area (Å²) >= 11 is 0. The van der Waals surface area contributed by atoms with Crippen LogP contribution in [0.4, 0.5) is 5.82 Å². The number of carboxylic acids is 2. The minimum absolute atomic E-state index is 0.132. The molecule has 2 aromatic carbocycles. The van der Waals surface area contributed by atoms with Crippen LogP contribution in [-0.4, -0.2) is 73.8 Å². The molecule has 1 atom stereocenters. The van der Waals surface area contributed by atoms with Gasteiger partial charge in [0.05, 0.1) is 6.61 Å². The van der Waals surface area contributed by atoms with E-state index in [2.05, 4.69) is 5.32 Å². The Hall–Kier alpha value is -5.21. The highest BCUT2D eigenvalue weighted by atomic mass is 16.5. The smallest absolute Gasteiger partial charge is 0.414 e. The summed E-state index contributed by atoms with van der Waals surface area (Å²) in [4.78, 5) is 57.4. The molecule has 4 N–H and O–H groups in total. The molecule has 4 aromatic rings. The Morgan fingerprint density at radius 3 is 2.27 bits per heavy atom. The van der Waals surface area contributed by atoms with E-state index < -0.39 is 23.9 Å².